The summed E-state index contributed by atoms with van der Waals surface area (Å²) in [4.78, 5) is 16.0. The number of fused-ring (bicyclic) bond motifs is 2. The summed E-state index contributed by atoms with van der Waals surface area (Å²) in [5.74, 6) is -0.00353. The summed E-state index contributed by atoms with van der Waals surface area (Å²) >= 11 is 1.67. The van der Waals surface area contributed by atoms with E-state index in [1.807, 2.05) is 6.07 Å². The zero-order valence-corrected chi connectivity index (χ0v) is 22.5. The van der Waals surface area contributed by atoms with Gasteiger partial charge in [0.05, 0.1) is 5.92 Å². The van der Waals surface area contributed by atoms with E-state index in [1.54, 1.807) is 11.3 Å². The first kappa shape index (κ1) is 24.8. The van der Waals surface area contributed by atoms with Gasteiger partial charge >= 0.3 is 0 Å². The van der Waals surface area contributed by atoms with Gasteiger partial charge < -0.3 is 10.2 Å². The molecule has 0 radical (unpaired) electrons. The molecular formula is C34H34N2OS. The third-order valence-electron chi connectivity index (χ3n) is 8.32. The fraction of sp³-hybridized carbons (Fsp3) is 0.265. The van der Waals surface area contributed by atoms with Crippen LogP contribution < -0.4 is 5.32 Å². The van der Waals surface area contributed by atoms with Gasteiger partial charge in [0.15, 0.2) is 0 Å². The molecule has 1 fully saturated rings. The van der Waals surface area contributed by atoms with Crippen molar-refractivity contribution in [1.82, 2.24) is 10.2 Å². The van der Waals surface area contributed by atoms with Crippen LogP contribution in [-0.4, -0.2) is 30.4 Å². The van der Waals surface area contributed by atoms with Gasteiger partial charge in [-0.25, -0.2) is 0 Å². The minimum atomic E-state index is -0.124. The third kappa shape index (κ3) is 5.24. The Labute approximate surface area is 229 Å². The lowest BCUT2D eigenvalue weighted by Gasteiger charge is -2.39. The van der Waals surface area contributed by atoms with Crippen molar-refractivity contribution >= 4 is 23.3 Å². The average Bonchev–Trinajstić information content (AvgIpc) is 3.63. The van der Waals surface area contributed by atoms with Crippen LogP contribution in [0.1, 0.15) is 47.4 Å². The molecule has 0 saturated carbocycles. The molecule has 4 heteroatoms. The second-order valence-electron chi connectivity index (χ2n) is 10.6. The lowest BCUT2D eigenvalue weighted by molar-refractivity contribution is -0.123. The number of thiophene rings is 1. The van der Waals surface area contributed by atoms with Gasteiger partial charge in [-0.1, -0.05) is 84.9 Å². The molecule has 1 aromatic heterocycles. The SMILES string of the molecule is O=C(NCc1cccc(-c2ccccc2)c1)[C@@H](CCN1CCC2(C=Cc3ccccc32)CC1)c1ccsc1. The van der Waals surface area contributed by atoms with E-state index in [4.69, 9.17) is 0 Å². The van der Waals surface area contributed by atoms with Gasteiger partial charge in [0.2, 0.25) is 5.91 Å². The van der Waals surface area contributed by atoms with E-state index < -0.39 is 0 Å². The predicted molar refractivity (Wildman–Crippen MR) is 158 cm³/mol. The first-order chi connectivity index (χ1) is 18.7. The highest BCUT2D eigenvalue weighted by molar-refractivity contribution is 7.08. The summed E-state index contributed by atoms with van der Waals surface area (Å²) in [6.07, 6.45) is 7.87. The van der Waals surface area contributed by atoms with Crippen molar-refractivity contribution in [3.05, 3.63) is 124 Å². The Kier molecular flexibility index (Phi) is 7.26. The summed E-state index contributed by atoms with van der Waals surface area (Å²) in [5.41, 5.74) is 7.69. The van der Waals surface area contributed by atoms with Crippen LogP contribution in [0.3, 0.4) is 0 Å². The Morgan fingerprint density at radius 1 is 0.921 bits per heavy atom. The number of hydrogen-bond donors (Lipinski definition) is 1. The fourth-order valence-electron chi connectivity index (χ4n) is 6.08. The van der Waals surface area contributed by atoms with E-state index in [0.717, 1.165) is 50.0 Å². The molecular weight excluding hydrogens is 484 g/mol. The summed E-state index contributed by atoms with van der Waals surface area (Å²) in [7, 11) is 0. The fourth-order valence-corrected chi connectivity index (χ4v) is 6.80. The molecule has 192 valence electrons. The highest BCUT2D eigenvalue weighted by Gasteiger charge is 2.37. The molecule has 0 bridgehead atoms. The van der Waals surface area contributed by atoms with Gasteiger partial charge in [0.25, 0.3) is 0 Å². The Hall–Kier alpha value is -3.47. The summed E-state index contributed by atoms with van der Waals surface area (Å²) in [5, 5.41) is 7.45. The van der Waals surface area contributed by atoms with Gasteiger partial charge in [0, 0.05) is 12.0 Å². The van der Waals surface area contributed by atoms with Crippen molar-refractivity contribution < 1.29 is 4.79 Å². The van der Waals surface area contributed by atoms with Crippen LogP contribution >= 0.6 is 11.3 Å². The maximum Gasteiger partial charge on any atom is 0.227 e. The van der Waals surface area contributed by atoms with Gasteiger partial charge in [0.1, 0.15) is 0 Å². The first-order valence-electron chi connectivity index (χ1n) is 13.7. The number of hydrogen-bond acceptors (Lipinski definition) is 3. The molecule has 1 N–H and O–H groups in total. The lowest BCUT2D eigenvalue weighted by atomic mass is 9.74. The molecule has 2 aliphatic rings. The maximum atomic E-state index is 13.4. The normalized spacial score (nSPS) is 16.8. The Bertz CT molecular complexity index is 1400. The van der Waals surface area contributed by atoms with E-state index in [-0.39, 0.29) is 17.2 Å². The molecule has 1 aliphatic carbocycles. The van der Waals surface area contributed by atoms with Gasteiger partial charge in [-0.3, -0.25) is 4.79 Å². The molecule has 1 amide bonds. The highest BCUT2D eigenvalue weighted by atomic mass is 32.1. The molecule has 3 nitrogen and oxygen atoms in total. The first-order valence-corrected chi connectivity index (χ1v) is 14.6. The third-order valence-corrected chi connectivity index (χ3v) is 9.03. The number of carbonyl (C=O) groups excluding carboxylic acids is 1. The molecule has 38 heavy (non-hydrogen) atoms. The van der Waals surface area contributed by atoms with Crippen LogP contribution in [0.4, 0.5) is 0 Å². The Morgan fingerprint density at radius 3 is 2.53 bits per heavy atom. The van der Waals surface area contributed by atoms with Gasteiger partial charge in [-0.15, -0.1) is 0 Å². The van der Waals surface area contributed by atoms with Gasteiger partial charge in [-0.05, 0) is 95.2 Å². The van der Waals surface area contributed by atoms with Crippen LogP contribution in [0.5, 0.6) is 0 Å². The number of carbonyl (C=O) groups is 1. The van der Waals surface area contributed by atoms with E-state index >= 15 is 0 Å². The summed E-state index contributed by atoms with van der Waals surface area (Å²) in [6, 6.07) is 29.8. The smallest absolute Gasteiger partial charge is 0.227 e. The molecule has 1 atom stereocenters. The number of likely N-dealkylation sites (tertiary alicyclic amines) is 1. The summed E-state index contributed by atoms with van der Waals surface area (Å²) < 4.78 is 0. The topological polar surface area (TPSA) is 32.3 Å². The number of allylic oxidation sites excluding steroid dienone is 1. The van der Waals surface area contributed by atoms with Crippen LogP contribution in [0.2, 0.25) is 0 Å². The molecule has 6 rings (SSSR count). The number of rotatable bonds is 8. The molecule has 1 spiro atoms. The second kappa shape index (κ2) is 11.1. The highest BCUT2D eigenvalue weighted by Crippen LogP contribution is 2.43. The minimum Gasteiger partial charge on any atom is -0.351 e. The van der Waals surface area contributed by atoms with E-state index in [2.05, 4.69) is 112 Å². The number of nitrogens with one attached hydrogen (secondary N) is 1. The maximum absolute atomic E-state index is 13.4. The van der Waals surface area contributed by atoms with Gasteiger partial charge in [-0.2, -0.15) is 11.3 Å². The summed E-state index contributed by atoms with van der Waals surface area (Å²) in [6.45, 7) is 3.63. The van der Waals surface area contributed by atoms with Crippen molar-refractivity contribution in [1.29, 1.82) is 0 Å². The molecule has 1 saturated heterocycles. The van der Waals surface area contributed by atoms with E-state index in [1.165, 1.54) is 22.3 Å². The predicted octanol–water partition coefficient (Wildman–Crippen LogP) is 7.27. The van der Waals surface area contributed by atoms with E-state index in [0.29, 0.717) is 6.54 Å². The number of amides is 1. The Balaban J connectivity index is 1.07. The second-order valence-corrected chi connectivity index (χ2v) is 11.4. The molecule has 3 aromatic carbocycles. The lowest BCUT2D eigenvalue weighted by Crippen LogP contribution is -2.42. The van der Waals surface area contributed by atoms with Crippen LogP contribution in [0.25, 0.3) is 17.2 Å². The van der Waals surface area contributed by atoms with Crippen LogP contribution in [-0.2, 0) is 16.8 Å². The molecule has 2 heterocycles. The van der Waals surface area contributed by atoms with Crippen LogP contribution in [0.15, 0.2) is 102 Å². The Morgan fingerprint density at radius 2 is 1.71 bits per heavy atom. The van der Waals surface area contributed by atoms with Crippen molar-refractivity contribution in [2.75, 3.05) is 19.6 Å². The quantitative estimate of drug-likeness (QED) is 0.266. The molecule has 4 aromatic rings. The largest absolute Gasteiger partial charge is 0.351 e. The van der Waals surface area contributed by atoms with Crippen molar-refractivity contribution in [3.63, 3.8) is 0 Å². The zero-order chi connectivity index (χ0) is 25.8. The van der Waals surface area contributed by atoms with Crippen molar-refractivity contribution in [2.45, 2.75) is 37.1 Å². The van der Waals surface area contributed by atoms with Crippen LogP contribution in [0, 0.1) is 0 Å². The minimum absolute atomic E-state index is 0.120. The average molecular weight is 519 g/mol. The number of nitrogens with zero attached hydrogens (tertiary/aromatic N) is 1. The van der Waals surface area contributed by atoms with E-state index in [9.17, 15) is 4.79 Å². The number of piperidine rings is 1. The standard InChI is InChI=1S/C34H34N2OS/c37-33(35-24-26-7-6-11-29(23-26)27-8-2-1-3-9-27)31(30-15-22-38-25-30)14-19-36-20-17-34(18-21-36)16-13-28-10-4-5-12-32(28)34/h1-13,15-16,22-23,25,31H,14,17-21,24H2,(H,35,37)/t31-/m0/s1. The van der Waals surface area contributed by atoms with Crippen molar-refractivity contribution in [3.8, 4) is 11.1 Å². The molecule has 1 aliphatic heterocycles. The number of benzene rings is 3. The van der Waals surface area contributed by atoms with Crippen molar-refractivity contribution in [2.24, 2.45) is 0 Å². The zero-order valence-electron chi connectivity index (χ0n) is 21.7. The molecule has 0 unspecified atom stereocenters. The monoisotopic (exact) mass is 518 g/mol.